The highest BCUT2D eigenvalue weighted by atomic mass is 32.1. The molecule has 0 unspecified atom stereocenters. The largest absolute Gasteiger partial charge is 0.241 e. The Bertz CT molecular complexity index is 479. The van der Waals surface area contributed by atoms with Gasteiger partial charge in [0.15, 0.2) is 0 Å². The van der Waals surface area contributed by atoms with E-state index in [1.54, 1.807) is 11.3 Å². The van der Waals surface area contributed by atoms with Gasteiger partial charge >= 0.3 is 0 Å². The van der Waals surface area contributed by atoms with Crippen molar-refractivity contribution in [2.75, 3.05) is 0 Å². The summed E-state index contributed by atoms with van der Waals surface area (Å²) in [6.45, 7) is 2.09. The van der Waals surface area contributed by atoms with E-state index in [9.17, 15) is 0 Å². The topological polar surface area (TPSA) is 36.7 Å². The molecule has 0 spiro atoms. The molecule has 0 aliphatic rings. The van der Waals surface area contributed by atoms with Crippen LogP contribution in [-0.2, 0) is 6.42 Å². The molecule has 0 aliphatic heterocycles. The zero-order valence-electron chi connectivity index (χ0n) is 7.24. The Morgan fingerprint density at radius 1 is 1.54 bits per heavy atom. The highest BCUT2D eigenvalue weighted by molar-refractivity contribution is 7.18. The van der Waals surface area contributed by atoms with Crippen LogP contribution in [0.2, 0.25) is 0 Å². The molecule has 0 amide bonds. The Balaban J connectivity index is 2.65. The number of hydrogen-bond donors (Lipinski definition) is 0. The number of aromatic nitrogens is 1. The zero-order chi connectivity index (χ0) is 9.26. The molecule has 0 saturated carbocycles. The molecule has 0 fully saturated rings. The van der Waals surface area contributed by atoms with Crippen LogP contribution in [0.5, 0.6) is 0 Å². The Hall–Kier alpha value is -1.40. The fourth-order valence-corrected chi connectivity index (χ4v) is 2.08. The van der Waals surface area contributed by atoms with Gasteiger partial charge in [-0.3, -0.25) is 0 Å². The minimum Gasteiger partial charge on any atom is -0.241 e. The van der Waals surface area contributed by atoms with E-state index in [4.69, 9.17) is 5.26 Å². The number of thiazole rings is 1. The third-order valence-corrected chi connectivity index (χ3v) is 3.04. The molecule has 2 aromatic rings. The quantitative estimate of drug-likeness (QED) is 0.690. The van der Waals surface area contributed by atoms with Crippen molar-refractivity contribution in [3.63, 3.8) is 0 Å². The van der Waals surface area contributed by atoms with E-state index in [1.807, 2.05) is 18.2 Å². The predicted octanol–water partition coefficient (Wildman–Crippen LogP) is 2.73. The smallest absolute Gasteiger partial charge is 0.0992 e. The Morgan fingerprint density at radius 2 is 2.38 bits per heavy atom. The molecule has 0 aliphatic carbocycles. The van der Waals surface area contributed by atoms with Crippen LogP contribution < -0.4 is 0 Å². The molecule has 0 saturated heterocycles. The van der Waals surface area contributed by atoms with Crippen molar-refractivity contribution in [1.29, 1.82) is 5.26 Å². The summed E-state index contributed by atoms with van der Waals surface area (Å²) >= 11 is 1.70. The van der Waals surface area contributed by atoms with Gasteiger partial charge in [-0.2, -0.15) is 5.26 Å². The molecule has 1 heterocycles. The van der Waals surface area contributed by atoms with Gasteiger partial charge in [0.05, 0.1) is 26.9 Å². The molecule has 0 atom stereocenters. The summed E-state index contributed by atoms with van der Waals surface area (Å²) in [6.07, 6.45) is 0.960. The summed E-state index contributed by atoms with van der Waals surface area (Å²) in [4.78, 5) is 4.41. The van der Waals surface area contributed by atoms with E-state index >= 15 is 0 Å². The van der Waals surface area contributed by atoms with Gasteiger partial charge in [0, 0.05) is 0 Å². The van der Waals surface area contributed by atoms with Crippen LogP contribution >= 0.6 is 11.3 Å². The van der Waals surface area contributed by atoms with E-state index in [1.165, 1.54) is 0 Å². The molecule has 3 heteroatoms. The van der Waals surface area contributed by atoms with Crippen molar-refractivity contribution >= 4 is 21.6 Å². The monoisotopic (exact) mass is 188 g/mol. The molecule has 2 rings (SSSR count). The van der Waals surface area contributed by atoms with Crippen molar-refractivity contribution in [1.82, 2.24) is 4.98 Å². The summed E-state index contributed by atoms with van der Waals surface area (Å²) < 4.78 is 1.16. The van der Waals surface area contributed by atoms with Gasteiger partial charge in [-0.05, 0) is 24.6 Å². The molecule has 64 valence electrons. The summed E-state index contributed by atoms with van der Waals surface area (Å²) in [5.74, 6) is 0. The second-order valence-corrected chi connectivity index (χ2v) is 3.87. The zero-order valence-corrected chi connectivity index (χ0v) is 8.06. The first-order valence-electron chi connectivity index (χ1n) is 4.13. The van der Waals surface area contributed by atoms with E-state index in [-0.39, 0.29) is 0 Å². The Morgan fingerprint density at radius 3 is 3.08 bits per heavy atom. The molecule has 1 aromatic heterocycles. The lowest BCUT2D eigenvalue weighted by atomic mass is 10.2. The molecule has 0 bridgehead atoms. The van der Waals surface area contributed by atoms with E-state index < -0.39 is 0 Å². The van der Waals surface area contributed by atoms with Crippen LogP contribution in [0, 0.1) is 11.3 Å². The number of fused-ring (bicyclic) bond motifs is 1. The van der Waals surface area contributed by atoms with Crippen molar-refractivity contribution < 1.29 is 0 Å². The molecular weight excluding hydrogens is 180 g/mol. The number of nitrogens with zero attached hydrogens (tertiary/aromatic N) is 2. The Kier molecular flexibility index (Phi) is 1.99. The van der Waals surface area contributed by atoms with Gasteiger partial charge < -0.3 is 0 Å². The van der Waals surface area contributed by atoms with Crippen LogP contribution in [0.4, 0.5) is 0 Å². The molecule has 13 heavy (non-hydrogen) atoms. The molecule has 0 radical (unpaired) electrons. The summed E-state index contributed by atoms with van der Waals surface area (Å²) in [6, 6.07) is 7.75. The summed E-state index contributed by atoms with van der Waals surface area (Å²) in [5, 5.41) is 9.82. The lowest BCUT2D eigenvalue weighted by Crippen LogP contribution is -1.75. The number of aryl methyl sites for hydroxylation is 1. The highest BCUT2D eigenvalue weighted by Gasteiger charge is 2.02. The SMILES string of the molecule is CCc1nc2cc(C#N)ccc2s1. The standard InChI is InChI=1S/C10H8N2S/c1-2-10-12-8-5-7(6-11)3-4-9(8)13-10/h3-5H,2H2,1H3. The molecular formula is C10H8N2S. The van der Waals surface area contributed by atoms with Crippen LogP contribution in [0.25, 0.3) is 10.2 Å². The third kappa shape index (κ3) is 1.41. The molecule has 2 nitrogen and oxygen atoms in total. The predicted molar refractivity (Wildman–Crippen MR) is 53.7 cm³/mol. The first kappa shape index (κ1) is 8.21. The van der Waals surface area contributed by atoms with E-state index in [0.29, 0.717) is 5.56 Å². The average molecular weight is 188 g/mol. The number of benzene rings is 1. The van der Waals surface area contributed by atoms with Gasteiger partial charge in [-0.15, -0.1) is 11.3 Å². The number of nitriles is 1. The summed E-state index contributed by atoms with van der Waals surface area (Å²) in [5.41, 5.74) is 1.63. The number of rotatable bonds is 1. The average Bonchev–Trinajstić information content (AvgIpc) is 2.58. The Labute approximate surface area is 80.5 Å². The minimum absolute atomic E-state index is 0.681. The summed E-state index contributed by atoms with van der Waals surface area (Å²) in [7, 11) is 0. The van der Waals surface area contributed by atoms with Gasteiger partial charge in [0.25, 0.3) is 0 Å². The first-order valence-corrected chi connectivity index (χ1v) is 4.94. The van der Waals surface area contributed by atoms with Crippen LogP contribution in [0.15, 0.2) is 18.2 Å². The highest BCUT2D eigenvalue weighted by Crippen LogP contribution is 2.22. The van der Waals surface area contributed by atoms with Gasteiger partial charge in [-0.25, -0.2) is 4.98 Å². The minimum atomic E-state index is 0.681. The maximum Gasteiger partial charge on any atom is 0.0992 e. The van der Waals surface area contributed by atoms with Crippen LogP contribution in [0.1, 0.15) is 17.5 Å². The van der Waals surface area contributed by atoms with Crippen molar-refractivity contribution in [2.24, 2.45) is 0 Å². The second kappa shape index (κ2) is 3.15. The fraction of sp³-hybridized carbons (Fsp3) is 0.200. The number of hydrogen-bond acceptors (Lipinski definition) is 3. The first-order chi connectivity index (χ1) is 6.33. The normalized spacial score (nSPS) is 10.2. The van der Waals surface area contributed by atoms with Crippen molar-refractivity contribution in [3.05, 3.63) is 28.8 Å². The maximum absolute atomic E-state index is 8.69. The van der Waals surface area contributed by atoms with E-state index in [0.717, 1.165) is 21.6 Å². The lowest BCUT2D eigenvalue weighted by Gasteiger charge is -1.86. The molecule has 0 N–H and O–H groups in total. The van der Waals surface area contributed by atoms with Crippen molar-refractivity contribution in [2.45, 2.75) is 13.3 Å². The lowest BCUT2D eigenvalue weighted by molar-refractivity contribution is 1.11. The van der Waals surface area contributed by atoms with E-state index in [2.05, 4.69) is 18.0 Å². The van der Waals surface area contributed by atoms with Crippen LogP contribution in [0.3, 0.4) is 0 Å². The maximum atomic E-state index is 8.69. The fourth-order valence-electron chi connectivity index (χ4n) is 1.20. The second-order valence-electron chi connectivity index (χ2n) is 2.76. The third-order valence-electron chi connectivity index (χ3n) is 1.86. The van der Waals surface area contributed by atoms with Gasteiger partial charge in [-0.1, -0.05) is 6.92 Å². The molecule has 1 aromatic carbocycles. The van der Waals surface area contributed by atoms with Crippen molar-refractivity contribution in [3.8, 4) is 6.07 Å². The van der Waals surface area contributed by atoms with Gasteiger partial charge in [0.1, 0.15) is 0 Å². The van der Waals surface area contributed by atoms with Gasteiger partial charge in [0.2, 0.25) is 0 Å². The van der Waals surface area contributed by atoms with Crippen LogP contribution in [-0.4, -0.2) is 4.98 Å².